The van der Waals surface area contributed by atoms with Crippen LogP contribution in [0.15, 0.2) is 0 Å². The minimum Gasteiger partial charge on any atom is -0.347 e. The molecule has 2 aliphatic heterocycles. The van der Waals surface area contributed by atoms with Gasteiger partial charge in [0.05, 0.1) is 6.61 Å². The van der Waals surface area contributed by atoms with Crippen LogP contribution in [-0.2, 0) is 23.9 Å². The Morgan fingerprint density at radius 1 is 1.04 bits per heavy atom. The number of ether oxygens (including phenoxy) is 2. The minimum atomic E-state index is -0.621. The van der Waals surface area contributed by atoms with E-state index in [0.717, 1.165) is 25.7 Å². The zero-order chi connectivity index (χ0) is 17.9. The van der Waals surface area contributed by atoms with Crippen LogP contribution in [0.2, 0.25) is 0 Å². The Kier molecular flexibility index (Phi) is 5.58. The van der Waals surface area contributed by atoms with Gasteiger partial charge in [0.1, 0.15) is 6.10 Å². The average molecular weight is 353 g/mol. The molecule has 25 heavy (non-hydrogen) atoms. The monoisotopic (exact) mass is 353 g/mol. The fraction of sp³-hybridized carbons (Fsp3) is 0.824. The molecule has 2 saturated heterocycles. The molecule has 3 rings (SSSR count). The molecule has 8 heteroatoms. The largest absolute Gasteiger partial charge is 0.347 e. The molecular weight excluding hydrogens is 326 g/mol. The highest BCUT2D eigenvalue weighted by molar-refractivity contribution is 6.35. The van der Waals surface area contributed by atoms with Gasteiger partial charge in [-0.15, -0.1) is 0 Å². The fourth-order valence-electron chi connectivity index (χ4n) is 3.72. The number of carbonyl (C=O) groups excluding carboxylic acids is 3. The molecule has 3 aliphatic rings. The van der Waals surface area contributed by atoms with Gasteiger partial charge in [0, 0.05) is 52.5 Å². The van der Waals surface area contributed by atoms with Crippen molar-refractivity contribution in [2.75, 3.05) is 39.3 Å². The second-order valence-corrected chi connectivity index (χ2v) is 7.03. The molecule has 2 heterocycles. The van der Waals surface area contributed by atoms with Crippen molar-refractivity contribution >= 4 is 17.7 Å². The fourth-order valence-corrected chi connectivity index (χ4v) is 3.72. The lowest BCUT2D eigenvalue weighted by atomic mass is 9.94. The van der Waals surface area contributed by atoms with Crippen molar-refractivity contribution in [2.24, 2.45) is 0 Å². The Balaban J connectivity index is 1.41. The first-order valence-corrected chi connectivity index (χ1v) is 9.13. The predicted octanol–water partition coefficient (Wildman–Crippen LogP) is -0.131. The van der Waals surface area contributed by atoms with Gasteiger partial charge in [-0.05, 0) is 12.8 Å². The van der Waals surface area contributed by atoms with E-state index >= 15 is 0 Å². The van der Waals surface area contributed by atoms with E-state index in [1.807, 2.05) is 0 Å². The van der Waals surface area contributed by atoms with Gasteiger partial charge in [0.25, 0.3) is 0 Å². The van der Waals surface area contributed by atoms with Crippen LogP contribution in [0.5, 0.6) is 0 Å². The number of hydrogen-bond donors (Lipinski definition) is 1. The molecule has 1 atom stereocenters. The van der Waals surface area contributed by atoms with Crippen molar-refractivity contribution in [3.63, 3.8) is 0 Å². The molecule has 0 aromatic heterocycles. The molecule has 8 nitrogen and oxygen atoms in total. The van der Waals surface area contributed by atoms with Gasteiger partial charge in [-0.1, -0.05) is 6.42 Å². The Hall–Kier alpha value is -1.67. The van der Waals surface area contributed by atoms with Crippen LogP contribution in [0, 0.1) is 0 Å². The van der Waals surface area contributed by atoms with Crippen molar-refractivity contribution in [2.45, 2.75) is 50.9 Å². The van der Waals surface area contributed by atoms with Gasteiger partial charge < -0.3 is 24.6 Å². The normalized spacial score (nSPS) is 25.9. The van der Waals surface area contributed by atoms with E-state index in [1.165, 1.54) is 18.2 Å². The summed E-state index contributed by atoms with van der Waals surface area (Å²) in [6, 6.07) is 0. The molecular formula is C17H27N3O5. The summed E-state index contributed by atoms with van der Waals surface area (Å²) in [7, 11) is 0. The number of nitrogens with zero attached hydrogens (tertiary/aromatic N) is 2. The van der Waals surface area contributed by atoms with Gasteiger partial charge in [-0.3, -0.25) is 14.4 Å². The van der Waals surface area contributed by atoms with E-state index < -0.39 is 17.6 Å². The first kappa shape index (κ1) is 18.1. The smallest absolute Gasteiger partial charge is 0.312 e. The van der Waals surface area contributed by atoms with Crippen LogP contribution in [0.1, 0.15) is 39.0 Å². The molecule has 1 saturated carbocycles. The summed E-state index contributed by atoms with van der Waals surface area (Å²) in [5.41, 5.74) is 0. The highest BCUT2D eigenvalue weighted by Crippen LogP contribution is 2.37. The standard InChI is InChI=1S/C17H27N3O5/c1-13(21)19-7-9-20(10-8-19)16(23)15(22)18-11-14-12-24-17(25-14)5-3-2-4-6-17/h14H,2-12H2,1H3,(H,18,22). The zero-order valence-corrected chi connectivity index (χ0v) is 14.8. The van der Waals surface area contributed by atoms with E-state index in [1.54, 1.807) is 4.90 Å². The van der Waals surface area contributed by atoms with E-state index in [9.17, 15) is 14.4 Å². The van der Waals surface area contributed by atoms with Crippen molar-refractivity contribution < 1.29 is 23.9 Å². The highest BCUT2D eigenvalue weighted by atomic mass is 16.7. The maximum absolute atomic E-state index is 12.2. The number of amides is 3. The summed E-state index contributed by atoms with van der Waals surface area (Å²) in [6.07, 6.45) is 5.01. The molecule has 1 N–H and O–H groups in total. The van der Waals surface area contributed by atoms with Crippen LogP contribution < -0.4 is 5.32 Å². The Morgan fingerprint density at radius 3 is 2.32 bits per heavy atom. The Morgan fingerprint density at radius 2 is 1.68 bits per heavy atom. The summed E-state index contributed by atoms with van der Waals surface area (Å²) in [4.78, 5) is 38.8. The third-order valence-electron chi connectivity index (χ3n) is 5.23. The molecule has 3 fully saturated rings. The summed E-state index contributed by atoms with van der Waals surface area (Å²) >= 11 is 0. The van der Waals surface area contributed by atoms with E-state index in [4.69, 9.17) is 9.47 Å². The molecule has 140 valence electrons. The average Bonchev–Trinajstić information content (AvgIpc) is 3.02. The Labute approximate surface area is 147 Å². The topological polar surface area (TPSA) is 88.2 Å². The van der Waals surface area contributed by atoms with Crippen LogP contribution in [0.3, 0.4) is 0 Å². The first-order chi connectivity index (χ1) is 12.0. The minimum absolute atomic E-state index is 0.00780. The van der Waals surface area contributed by atoms with Gasteiger partial charge in [0.2, 0.25) is 5.91 Å². The first-order valence-electron chi connectivity index (χ1n) is 9.13. The van der Waals surface area contributed by atoms with E-state index in [0.29, 0.717) is 32.8 Å². The molecule has 0 aromatic rings. The van der Waals surface area contributed by atoms with Gasteiger partial charge in [-0.25, -0.2) is 0 Å². The third-order valence-corrected chi connectivity index (χ3v) is 5.23. The molecule has 0 radical (unpaired) electrons. The molecule has 0 aromatic carbocycles. The lowest BCUT2D eigenvalue weighted by molar-refractivity contribution is -0.186. The SMILES string of the molecule is CC(=O)N1CCN(C(=O)C(=O)NCC2COC3(CCCCC3)O2)CC1. The summed E-state index contributed by atoms with van der Waals surface area (Å²) in [5, 5.41) is 2.66. The van der Waals surface area contributed by atoms with Crippen LogP contribution in [-0.4, -0.2) is 78.7 Å². The molecule has 1 spiro atoms. The van der Waals surface area contributed by atoms with Crippen molar-refractivity contribution in [3.05, 3.63) is 0 Å². The molecule has 1 unspecified atom stereocenters. The van der Waals surface area contributed by atoms with Crippen LogP contribution >= 0.6 is 0 Å². The maximum Gasteiger partial charge on any atom is 0.312 e. The lowest BCUT2D eigenvalue weighted by Gasteiger charge is -2.33. The quantitative estimate of drug-likeness (QED) is 0.699. The van der Waals surface area contributed by atoms with Crippen LogP contribution in [0.25, 0.3) is 0 Å². The number of carbonyl (C=O) groups is 3. The third kappa shape index (κ3) is 4.30. The second-order valence-electron chi connectivity index (χ2n) is 7.03. The van der Waals surface area contributed by atoms with Crippen molar-refractivity contribution in [1.82, 2.24) is 15.1 Å². The number of hydrogen-bond acceptors (Lipinski definition) is 5. The van der Waals surface area contributed by atoms with Crippen LogP contribution in [0.4, 0.5) is 0 Å². The number of rotatable bonds is 2. The zero-order valence-electron chi connectivity index (χ0n) is 14.8. The van der Waals surface area contributed by atoms with Gasteiger partial charge >= 0.3 is 11.8 Å². The summed E-state index contributed by atoms with van der Waals surface area (Å²) in [6.45, 7) is 3.95. The van der Waals surface area contributed by atoms with Gasteiger partial charge in [-0.2, -0.15) is 0 Å². The predicted molar refractivity (Wildman–Crippen MR) is 88.5 cm³/mol. The number of nitrogens with one attached hydrogen (secondary N) is 1. The highest BCUT2D eigenvalue weighted by Gasteiger charge is 2.42. The van der Waals surface area contributed by atoms with Crippen molar-refractivity contribution in [1.29, 1.82) is 0 Å². The lowest BCUT2D eigenvalue weighted by Crippen LogP contribution is -2.54. The summed E-state index contributed by atoms with van der Waals surface area (Å²) < 4.78 is 11.8. The van der Waals surface area contributed by atoms with E-state index in [-0.39, 0.29) is 18.6 Å². The number of piperazine rings is 1. The maximum atomic E-state index is 12.2. The summed E-state index contributed by atoms with van der Waals surface area (Å²) in [5.74, 6) is -1.65. The van der Waals surface area contributed by atoms with E-state index in [2.05, 4.69) is 5.32 Å². The van der Waals surface area contributed by atoms with Crippen molar-refractivity contribution in [3.8, 4) is 0 Å². The second kappa shape index (κ2) is 7.70. The van der Waals surface area contributed by atoms with Gasteiger partial charge in [0.15, 0.2) is 5.79 Å². The Bertz CT molecular complexity index is 524. The molecule has 0 bridgehead atoms. The molecule has 3 amide bonds. The molecule has 1 aliphatic carbocycles.